The first-order chi connectivity index (χ1) is 7.72. The Bertz CT molecular complexity index is 514. The van der Waals surface area contributed by atoms with E-state index in [4.69, 9.17) is 0 Å². The molecule has 1 aromatic carbocycles. The SMILES string of the molecule is CNc1cncc(-c2cccc(F)c2F)n1. The van der Waals surface area contributed by atoms with Crippen molar-refractivity contribution in [3.8, 4) is 11.3 Å². The van der Waals surface area contributed by atoms with Gasteiger partial charge in [-0.1, -0.05) is 6.07 Å². The number of nitrogens with one attached hydrogen (secondary N) is 1. The fraction of sp³-hybridized carbons (Fsp3) is 0.0909. The van der Waals surface area contributed by atoms with E-state index in [1.807, 2.05) is 0 Å². The molecule has 16 heavy (non-hydrogen) atoms. The van der Waals surface area contributed by atoms with E-state index in [1.165, 1.54) is 24.5 Å². The van der Waals surface area contributed by atoms with Crippen molar-refractivity contribution >= 4 is 5.82 Å². The van der Waals surface area contributed by atoms with Gasteiger partial charge >= 0.3 is 0 Å². The van der Waals surface area contributed by atoms with Crippen molar-refractivity contribution in [1.82, 2.24) is 9.97 Å². The number of anilines is 1. The zero-order valence-electron chi connectivity index (χ0n) is 8.54. The zero-order valence-corrected chi connectivity index (χ0v) is 8.54. The molecule has 1 aromatic heterocycles. The van der Waals surface area contributed by atoms with Gasteiger partial charge in [0.25, 0.3) is 0 Å². The Morgan fingerprint density at radius 2 is 2.00 bits per heavy atom. The minimum absolute atomic E-state index is 0.101. The third-order valence-electron chi connectivity index (χ3n) is 2.12. The molecular formula is C11H9F2N3. The van der Waals surface area contributed by atoms with Gasteiger partial charge in [-0.25, -0.2) is 13.8 Å². The van der Waals surface area contributed by atoms with Crippen LogP contribution in [0.4, 0.5) is 14.6 Å². The lowest BCUT2D eigenvalue weighted by Gasteiger charge is -2.04. The van der Waals surface area contributed by atoms with E-state index in [0.717, 1.165) is 6.07 Å². The summed E-state index contributed by atoms with van der Waals surface area (Å²) in [6, 6.07) is 3.96. The molecule has 1 heterocycles. The van der Waals surface area contributed by atoms with Crippen molar-refractivity contribution in [2.24, 2.45) is 0 Å². The molecule has 0 aliphatic carbocycles. The summed E-state index contributed by atoms with van der Waals surface area (Å²) < 4.78 is 26.5. The number of hydrogen-bond acceptors (Lipinski definition) is 3. The van der Waals surface area contributed by atoms with Gasteiger partial charge in [-0.3, -0.25) is 4.98 Å². The Morgan fingerprint density at radius 1 is 1.19 bits per heavy atom. The number of rotatable bonds is 2. The van der Waals surface area contributed by atoms with Gasteiger partial charge in [-0.05, 0) is 12.1 Å². The van der Waals surface area contributed by atoms with E-state index >= 15 is 0 Å². The Morgan fingerprint density at radius 3 is 2.75 bits per heavy atom. The van der Waals surface area contributed by atoms with Crippen LogP contribution in [0.3, 0.4) is 0 Å². The number of nitrogens with zero attached hydrogens (tertiary/aromatic N) is 2. The molecule has 82 valence electrons. The molecule has 0 radical (unpaired) electrons. The summed E-state index contributed by atoms with van der Waals surface area (Å²) in [5.41, 5.74) is 0.397. The van der Waals surface area contributed by atoms with E-state index in [1.54, 1.807) is 7.05 Å². The molecule has 2 aromatic rings. The van der Waals surface area contributed by atoms with Crippen LogP contribution in [-0.4, -0.2) is 17.0 Å². The molecular weight excluding hydrogens is 212 g/mol. The van der Waals surface area contributed by atoms with Gasteiger partial charge in [0.1, 0.15) is 5.82 Å². The Labute approximate surface area is 91.2 Å². The van der Waals surface area contributed by atoms with Gasteiger partial charge in [0, 0.05) is 12.6 Å². The number of hydrogen-bond donors (Lipinski definition) is 1. The predicted octanol–water partition coefficient (Wildman–Crippen LogP) is 2.46. The highest BCUT2D eigenvalue weighted by Gasteiger charge is 2.11. The van der Waals surface area contributed by atoms with Gasteiger partial charge in [0.05, 0.1) is 18.1 Å². The molecule has 0 aliphatic heterocycles. The highest BCUT2D eigenvalue weighted by molar-refractivity contribution is 5.60. The third-order valence-corrected chi connectivity index (χ3v) is 2.12. The smallest absolute Gasteiger partial charge is 0.168 e. The summed E-state index contributed by atoms with van der Waals surface area (Å²) in [6.45, 7) is 0. The summed E-state index contributed by atoms with van der Waals surface area (Å²) in [7, 11) is 1.68. The molecule has 0 saturated carbocycles. The fourth-order valence-corrected chi connectivity index (χ4v) is 1.32. The molecule has 0 aliphatic rings. The van der Waals surface area contributed by atoms with Gasteiger partial charge in [0.15, 0.2) is 11.6 Å². The monoisotopic (exact) mass is 221 g/mol. The molecule has 5 heteroatoms. The van der Waals surface area contributed by atoms with Crippen LogP contribution in [0.15, 0.2) is 30.6 Å². The van der Waals surface area contributed by atoms with Crippen molar-refractivity contribution < 1.29 is 8.78 Å². The van der Waals surface area contributed by atoms with Gasteiger partial charge in [-0.2, -0.15) is 0 Å². The summed E-state index contributed by atoms with van der Waals surface area (Å²) in [5, 5.41) is 2.78. The minimum Gasteiger partial charge on any atom is -0.372 e. The van der Waals surface area contributed by atoms with E-state index in [0.29, 0.717) is 11.5 Å². The highest BCUT2D eigenvalue weighted by Crippen LogP contribution is 2.22. The first-order valence-corrected chi connectivity index (χ1v) is 4.66. The summed E-state index contributed by atoms with van der Waals surface area (Å²) in [5.74, 6) is -1.31. The molecule has 0 unspecified atom stereocenters. The lowest BCUT2D eigenvalue weighted by Crippen LogP contribution is -1.97. The van der Waals surface area contributed by atoms with Crippen molar-refractivity contribution in [1.29, 1.82) is 0 Å². The second kappa shape index (κ2) is 4.22. The average Bonchev–Trinajstić information content (AvgIpc) is 2.33. The average molecular weight is 221 g/mol. The second-order valence-corrected chi connectivity index (χ2v) is 3.14. The Balaban J connectivity index is 2.54. The number of aromatic nitrogens is 2. The molecule has 0 saturated heterocycles. The minimum atomic E-state index is -0.912. The molecule has 1 N–H and O–H groups in total. The van der Waals surface area contributed by atoms with Crippen molar-refractivity contribution in [2.75, 3.05) is 12.4 Å². The molecule has 2 rings (SSSR count). The van der Waals surface area contributed by atoms with Crippen molar-refractivity contribution in [3.05, 3.63) is 42.2 Å². The first kappa shape index (κ1) is 10.5. The lowest BCUT2D eigenvalue weighted by atomic mass is 10.1. The zero-order chi connectivity index (χ0) is 11.5. The van der Waals surface area contributed by atoms with Gasteiger partial charge in [0.2, 0.25) is 0 Å². The van der Waals surface area contributed by atoms with E-state index in [-0.39, 0.29) is 5.56 Å². The Kier molecular flexibility index (Phi) is 2.76. The van der Waals surface area contributed by atoms with Gasteiger partial charge in [-0.15, -0.1) is 0 Å². The fourth-order valence-electron chi connectivity index (χ4n) is 1.32. The normalized spacial score (nSPS) is 10.2. The van der Waals surface area contributed by atoms with Crippen LogP contribution in [0.2, 0.25) is 0 Å². The highest BCUT2D eigenvalue weighted by atomic mass is 19.2. The van der Waals surface area contributed by atoms with E-state index < -0.39 is 11.6 Å². The van der Waals surface area contributed by atoms with Crippen molar-refractivity contribution in [2.45, 2.75) is 0 Å². The lowest BCUT2D eigenvalue weighted by molar-refractivity contribution is 0.511. The Hall–Kier alpha value is -2.04. The van der Waals surface area contributed by atoms with Crippen LogP contribution >= 0.6 is 0 Å². The maximum Gasteiger partial charge on any atom is 0.168 e. The second-order valence-electron chi connectivity index (χ2n) is 3.14. The number of halogens is 2. The van der Waals surface area contributed by atoms with Gasteiger partial charge < -0.3 is 5.32 Å². The quantitative estimate of drug-likeness (QED) is 0.846. The molecule has 0 atom stereocenters. The molecule has 0 spiro atoms. The largest absolute Gasteiger partial charge is 0.372 e. The summed E-state index contributed by atoms with van der Waals surface area (Å²) in [6.07, 6.45) is 2.89. The summed E-state index contributed by atoms with van der Waals surface area (Å²) in [4.78, 5) is 7.97. The maximum absolute atomic E-state index is 13.5. The number of benzene rings is 1. The van der Waals surface area contributed by atoms with Crippen molar-refractivity contribution in [3.63, 3.8) is 0 Å². The maximum atomic E-state index is 13.5. The van der Waals surface area contributed by atoms with Crippen LogP contribution in [0.25, 0.3) is 11.3 Å². The van der Waals surface area contributed by atoms with E-state index in [9.17, 15) is 8.78 Å². The molecule has 0 amide bonds. The van der Waals surface area contributed by atoms with E-state index in [2.05, 4.69) is 15.3 Å². The molecule has 3 nitrogen and oxygen atoms in total. The van der Waals surface area contributed by atoms with Crippen LogP contribution in [0, 0.1) is 11.6 Å². The van der Waals surface area contributed by atoms with Crippen LogP contribution in [0.1, 0.15) is 0 Å². The summed E-state index contributed by atoms with van der Waals surface area (Å²) >= 11 is 0. The topological polar surface area (TPSA) is 37.8 Å². The molecule has 0 bridgehead atoms. The van der Waals surface area contributed by atoms with Crippen LogP contribution in [-0.2, 0) is 0 Å². The predicted molar refractivity (Wildman–Crippen MR) is 56.9 cm³/mol. The third kappa shape index (κ3) is 1.84. The standard InChI is InChI=1S/C11H9F2N3/c1-14-10-6-15-5-9(16-10)7-3-2-4-8(12)11(7)13/h2-6H,1H3,(H,14,16). The first-order valence-electron chi connectivity index (χ1n) is 4.66. The van der Waals surface area contributed by atoms with Crippen LogP contribution < -0.4 is 5.32 Å². The van der Waals surface area contributed by atoms with Crippen LogP contribution in [0.5, 0.6) is 0 Å². The molecule has 0 fully saturated rings.